The first kappa shape index (κ1) is 17.8. The third-order valence-electron chi connectivity index (χ3n) is 3.88. The van der Waals surface area contributed by atoms with Gasteiger partial charge < -0.3 is 15.7 Å². The van der Waals surface area contributed by atoms with E-state index in [2.05, 4.69) is 22.5 Å². The molecule has 1 aliphatic heterocycles. The van der Waals surface area contributed by atoms with Gasteiger partial charge in [-0.2, -0.15) is 0 Å². The van der Waals surface area contributed by atoms with Gasteiger partial charge in [0.05, 0.1) is 0 Å². The minimum atomic E-state index is -0.983. The number of urea groups is 1. The zero-order chi connectivity index (χ0) is 15.8. The lowest BCUT2D eigenvalue weighted by Crippen LogP contribution is -2.50. The maximum atomic E-state index is 11.8. The van der Waals surface area contributed by atoms with Crippen molar-refractivity contribution in [3.63, 3.8) is 0 Å². The lowest BCUT2D eigenvalue weighted by atomic mass is 10.0. The van der Waals surface area contributed by atoms with Crippen LogP contribution < -0.4 is 10.6 Å². The molecule has 2 atom stereocenters. The minimum Gasteiger partial charge on any atom is -0.480 e. The Morgan fingerprint density at radius 3 is 2.29 bits per heavy atom. The molecule has 1 saturated heterocycles. The van der Waals surface area contributed by atoms with Gasteiger partial charge in [-0.15, -0.1) is 0 Å². The smallest absolute Gasteiger partial charge is 0.326 e. The van der Waals surface area contributed by atoms with Crippen LogP contribution in [0, 0.1) is 5.92 Å². The van der Waals surface area contributed by atoms with Crippen molar-refractivity contribution in [1.29, 1.82) is 0 Å². The molecule has 0 aromatic rings. The van der Waals surface area contributed by atoms with Gasteiger partial charge in [-0.3, -0.25) is 4.90 Å². The third-order valence-corrected chi connectivity index (χ3v) is 3.88. The van der Waals surface area contributed by atoms with E-state index in [1.807, 2.05) is 13.8 Å². The Morgan fingerprint density at radius 2 is 1.76 bits per heavy atom. The summed E-state index contributed by atoms with van der Waals surface area (Å²) in [6, 6.07) is -0.938. The predicted octanol–water partition coefficient (Wildman–Crippen LogP) is 1.66. The van der Waals surface area contributed by atoms with E-state index in [0.717, 1.165) is 13.1 Å². The molecule has 0 spiro atoms. The Hall–Kier alpha value is -1.30. The van der Waals surface area contributed by atoms with E-state index in [9.17, 15) is 9.59 Å². The Kier molecular flexibility index (Phi) is 7.50. The highest BCUT2D eigenvalue weighted by Crippen LogP contribution is 2.11. The summed E-state index contributed by atoms with van der Waals surface area (Å²) >= 11 is 0. The topological polar surface area (TPSA) is 81.7 Å². The monoisotopic (exact) mass is 299 g/mol. The second kappa shape index (κ2) is 8.87. The van der Waals surface area contributed by atoms with E-state index in [-0.39, 0.29) is 12.0 Å². The van der Waals surface area contributed by atoms with Gasteiger partial charge in [-0.1, -0.05) is 20.3 Å². The number of amides is 2. The summed E-state index contributed by atoms with van der Waals surface area (Å²) in [7, 11) is 0. The van der Waals surface area contributed by atoms with Crippen LogP contribution in [0.1, 0.15) is 46.5 Å². The van der Waals surface area contributed by atoms with Crippen LogP contribution >= 0.6 is 0 Å². The zero-order valence-electron chi connectivity index (χ0n) is 13.4. The van der Waals surface area contributed by atoms with Crippen molar-refractivity contribution in [3.8, 4) is 0 Å². The van der Waals surface area contributed by atoms with Crippen molar-refractivity contribution in [2.75, 3.05) is 19.6 Å². The van der Waals surface area contributed by atoms with Gasteiger partial charge in [-0.05, 0) is 45.2 Å². The van der Waals surface area contributed by atoms with Gasteiger partial charge in [-0.25, -0.2) is 9.59 Å². The van der Waals surface area contributed by atoms with Gasteiger partial charge in [0.25, 0.3) is 0 Å². The quantitative estimate of drug-likeness (QED) is 0.668. The second-order valence-electron chi connectivity index (χ2n) is 6.32. The van der Waals surface area contributed by atoms with Crippen LogP contribution in [0.3, 0.4) is 0 Å². The molecule has 0 aromatic carbocycles. The molecule has 6 heteroatoms. The molecule has 1 unspecified atom stereocenters. The molecule has 3 N–H and O–H groups in total. The molecule has 0 aromatic heterocycles. The number of hydrogen-bond acceptors (Lipinski definition) is 3. The van der Waals surface area contributed by atoms with Crippen molar-refractivity contribution in [2.45, 2.75) is 58.5 Å². The lowest BCUT2D eigenvalue weighted by molar-refractivity contribution is -0.139. The highest BCUT2D eigenvalue weighted by atomic mass is 16.4. The average molecular weight is 299 g/mol. The molecule has 0 aliphatic carbocycles. The fraction of sp³-hybridized carbons (Fsp3) is 0.867. The number of carbonyl (C=O) groups excluding carboxylic acids is 1. The van der Waals surface area contributed by atoms with Gasteiger partial charge in [0.15, 0.2) is 0 Å². The summed E-state index contributed by atoms with van der Waals surface area (Å²) in [5.74, 6) is -0.762. The number of piperidine rings is 1. The number of nitrogens with zero attached hydrogens (tertiary/aromatic N) is 1. The molecule has 1 aliphatic rings. The maximum absolute atomic E-state index is 11.8. The van der Waals surface area contributed by atoms with Gasteiger partial charge in [0.2, 0.25) is 0 Å². The number of aliphatic carboxylic acids is 1. The average Bonchev–Trinajstić information content (AvgIpc) is 2.44. The van der Waals surface area contributed by atoms with E-state index in [4.69, 9.17) is 5.11 Å². The molecule has 0 radical (unpaired) electrons. The minimum absolute atomic E-state index is 0.221. The molecule has 21 heavy (non-hydrogen) atoms. The Morgan fingerprint density at radius 1 is 1.14 bits per heavy atom. The van der Waals surface area contributed by atoms with E-state index in [1.165, 1.54) is 19.3 Å². The summed E-state index contributed by atoms with van der Waals surface area (Å²) in [4.78, 5) is 25.3. The van der Waals surface area contributed by atoms with Crippen LogP contribution in [-0.4, -0.2) is 53.7 Å². The lowest BCUT2D eigenvalue weighted by Gasteiger charge is -2.32. The number of carbonyl (C=O) groups is 2. The van der Waals surface area contributed by atoms with Crippen molar-refractivity contribution < 1.29 is 14.7 Å². The van der Waals surface area contributed by atoms with E-state index in [1.54, 1.807) is 0 Å². The standard InChI is InChI=1S/C15H29N3O3/c1-11(2)9-13(14(19)20)17-15(21)16-10-12(3)18-7-5-4-6-8-18/h11-13H,4-10H2,1-3H3,(H,19,20)(H2,16,17,21)/t12?,13-/m0/s1. The summed E-state index contributed by atoms with van der Waals surface area (Å²) in [6.45, 7) is 8.67. The molecule has 0 bridgehead atoms. The molecule has 6 nitrogen and oxygen atoms in total. The maximum Gasteiger partial charge on any atom is 0.326 e. The number of nitrogens with one attached hydrogen (secondary N) is 2. The van der Waals surface area contributed by atoms with Crippen LogP contribution in [0.5, 0.6) is 0 Å². The van der Waals surface area contributed by atoms with Gasteiger partial charge in [0.1, 0.15) is 6.04 Å². The van der Waals surface area contributed by atoms with Crippen molar-refractivity contribution in [2.24, 2.45) is 5.92 Å². The van der Waals surface area contributed by atoms with Crippen LogP contribution in [0.4, 0.5) is 4.79 Å². The number of rotatable bonds is 7. The number of likely N-dealkylation sites (tertiary alicyclic amines) is 1. The Balaban J connectivity index is 2.32. The van der Waals surface area contributed by atoms with Crippen LogP contribution in [-0.2, 0) is 4.79 Å². The zero-order valence-corrected chi connectivity index (χ0v) is 13.4. The number of carboxylic acids is 1. The van der Waals surface area contributed by atoms with E-state index < -0.39 is 18.0 Å². The summed E-state index contributed by atoms with van der Waals surface area (Å²) in [6.07, 6.45) is 4.15. The molecular formula is C15H29N3O3. The molecule has 1 heterocycles. The molecule has 1 fully saturated rings. The molecule has 0 saturated carbocycles. The van der Waals surface area contributed by atoms with Crippen molar-refractivity contribution in [1.82, 2.24) is 15.5 Å². The van der Waals surface area contributed by atoms with Gasteiger partial charge in [0, 0.05) is 12.6 Å². The highest BCUT2D eigenvalue weighted by molar-refractivity contribution is 5.82. The fourth-order valence-corrected chi connectivity index (χ4v) is 2.63. The summed E-state index contributed by atoms with van der Waals surface area (Å²) in [5.41, 5.74) is 0. The van der Waals surface area contributed by atoms with E-state index >= 15 is 0 Å². The Labute approximate surface area is 127 Å². The molecule has 2 amide bonds. The number of hydrogen-bond donors (Lipinski definition) is 3. The van der Waals surface area contributed by atoms with Crippen molar-refractivity contribution >= 4 is 12.0 Å². The van der Waals surface area contributed by atoms with Crippen molar-refractivity contribution in [3.05, 3.63) is 0 Å². The largest absolute Gasteiger partial charge is 0.480 e. The first-order chi connectivity index (χ1) is 9.90. The van der Waals surface area contributed by atoms with Crippen LogP contribution in [0.25, 0.3) is 0 Å². The predicted molar refractivity (Wildman–Crippen MR) is 82.3 cm³/mol. The second-order valence-corrected chi connectivity index (χ2v) is 6.32. The van der Waals surface area contributed by atoms with E-state index in [0.29, 0.717) is 13.0 Å². The first-order valence-corrected chi connectivity index (χ1v) is 7.91. The van der Waals surface area contributed by atoms with Crippen LogP contribution in [0.15, 0.2) is 0 Å². The van der Waals surface area contributed by atoms with Gasteiger partial charge >= 0.3 is 12.0 Å². The molecule has 122 valence electrons. The highest BCUT2D eigenvalue weighted by Gasteiger charge is 2.22. The third kappa shape index (κ3) is 6.80. The number of carboxylic acid groups (broad SMARTS) is 1. The fourth-order valence-electron chi connectivity index (χ4n) is 2.63. The molecule has 1 rings (SSSR count). The molecular weight excluding hydrogens is 270 g/mol. The normalized spacial score (nSPS) is 19.0. The van der Waals surface area contributed by atoms with Crippen LogP contribution in [0.2, 0.25) is 0 Å². The SMILES string of the molecule is CC(C)C[C@H](NC(=O)NCC(C)N1CCCCC1)C(=O)O. The Bertz CT molecular complexity index is 341. The first-order valence-electron chi connectivity index (χ1n) is 7.91. The summed E-state index contributed by atoms with van der Waals surface area (Å²) < 4.78 is 0. The summed E-state index contributed by atoms with van der Waals surface area (Å²) in [5, 5.41) is 14.4.